The maximum Gasteiger partial charge on any atom is 0.425 e. The molecule has 1 aromatic heterocycles. The summed E-state index contributed by atoms with van der Waals surface area (Å²) < 4.78 is 63.1. The molecule has 0 atom stereocenters. The fourth-order valence-electron chi connectivity index (χ4n) is 4.15. The molecule has 208 valence electrons. The first kappa shape index (κ1) is 28.1. The van der Waals surface area contributed by atoms with Crippen molar-refractivity contribution in [1.82, 2.24) is 10.3 Å². The van der Waals surface area contributed by atoms with E-state index in [0.717, 1.165) is 17.0 Å². The average molecular weight is 550 g/mol. The van der Waals surface area contributed by atoms with E-state index in [4.69, 9.17) is 9.47 Å². The van der Waals surface area contributed by atoms with Crippen LogP contribution >= 0.6 is 0 Å². The van der Waals surface area contributed by atoms with Gasteiger partial charge in [0.1, 0.15) is 29.1 Å². The van der Waals surface area contributed by atoms with Crippen LogP contribution in [0, 0.1) is 5.82 Å². The second-order valence-corrected chi connectivity index (χ2v) is 10.2. The van der Waals surface area contributed by atoms with Gasteiger partial charge in [0.15, 0.2) is 0 Å². The first-order chi connectivity index (χ1) is 18.2. The highest BCUT2D eigenvalue weighted by atomic mass is 19.4. The Morgan fingerprint density at radius 2 is 1.85 bits per heavy atom. The summed E-state index contributed by atoms with van der Waals surface area (Å²) in [6.07, 6.45) is -5.20. The molecule has 0 bridgehead atoms. The van der Waals surface area contributed by atoms with Crippen molar-refractivity contribution in [3.8, 4) is 5.75 Å². The number of hydrogen-bond donors (Lipinski definition) is 2. The Morgan fingerprint density at radius 1 is 1.13 bits per heavy atom. The van der Waals surface area contributed by atoms with Crippen molar-refractivity contribution < 1.29 is 41.7 Å². The van der Waals surface area contributed by atoms with Gasteiger partial charge in [-0.1, -0.05) is 18.2 Å². The van der Waals surface area contributed by atoms with Crippen LogP contribution in [-0.2, 0) is 17.5 Å². The summed E-state index contributed by atoms with van der Waals surface area (Å²) in [5.74, 6) is -1.51. The van der Waals surface area contributed by atoms with E-state index in [1.54, 1.807) is 26.8 Å². The second-order valence-electron chi connectivity index (χ2n) is 10.2. The molecule has 0 radical (unpaired) electrons. The van der Waals surface area contributed by atoms with Crippen LogP contribution in [0.15, 0.2) is 48.7 Å². The number of nitrogens with one attached hydrogen (secondary N) is 1. The van der Waals surface area contributed by atoms with Gasteiger partial charge in [0.05, 0.1) is 5.56 Å². The van der Waals surface area contributed by atoms with Gasteiger partial charge in [-0.2, -0.15) is 18.1 Å². The number of fused-ring (bicyclic) bond motifs is 1. The summed E-state index contributed by atoms with van der Waals surface area (Å²) in [6.45, 7) is 5.26. The lowest BCUT2D eigenvalue weighted by atomic mass is 9.89. The van der Waals surface area contributed by atoms with Crippen LogP contribution in [0.5, 0.6) is 5.75 Å². The molecule has 2 N–H and O–H groups in total. The maximum atomic E-state index is 13.5. The van der Waals surface area contributed by atoms with Gasteiger partial charge in [0, 0.05) is 24.2 Å². The highest BCUT2D eigenvalue weighted by molar-refractivity contribution is 6.08. The topological polar surface area (TPSA) is 101 Å². The number of anilines is 1. The highest BCUT2D eigenvalue weighted by Crippen LogP contribution is 2.35. The van der Waals surface area contributed by atoms with Gasteiger partial charge < -0.3 is 19.9 Å². The third-order valence-electron chi connectivity index (χ3n) is 6.06. The van der Waals surface area contributed by atoms with Gasteiger partial charge in [0.25, 0.3) is 0 Å². The molecule has 1 aliphatic rings. The van der Waals surface area contributed by atoms with Gasteiger partial charge in [-0.05, 0) is 68.8 Å². The number of benzene rings is 2. The van der Waals surface area contributed by atoms with Crippen LogP contribution in [0.1, 0.15) is 44.7 Å². The first-order valence-corrected chi connectivity index (χ1v) is 12.1. The van der Waals surface area contributed by atoms with Gasteiger partial charge in [-0.15, -0.1) is 0 Å². The zero-order chi connectivity index (χ0) is 28.5. The van der Waals surface area contributed by atoms with Crippen molar-refractivity contribution in [2.75, 3.05) is 4.90 Å². The maximum absolute atomic E-state index is 13.5. The number of hydrogen-bond acceptors (Lipinski definition) is 6. The normalized spacial score (nSPS) is 17.4. The van der Waals surface area contributed by atoms with E-state index < -0.39 is 35.3 Å². The quantitative estimate of drug-likeness (QED) is 0.338. The van der Waals surface area contributed by atoms with Crippen LogP contribution in [0.4, 0.5) is 33.0 Å². The number of aromatic nitrogens is 1. The number of ether oxygens (including phenoxy) is 2. The summed E-state index contributed by atoms with van der Waals surface area (Å²) in [6, 6.07) is 9.57. The fraction of sp³-hybridized carbons (Fsp3) is 0.370. The average Bonchev–Trinajstić information content (AvgIpc) is 2.79. The summed E-state index contributed by atoms with van der Waals surface area (Å²) in [5.41, 5.74) is -1.45. The summed E-state index contributed by atoms with van der Waals surface area (Å²) in [7, 11) is 0. The number of carbonyl (C=O) groups is 2. The van der Waals surface area contributed by atoms with Crippen molar-refractivity contribution in [3.63, 3.8) is 0 Å². The Morgan fingerprint density at radius 3 is 2.49 bits per heavy atom. The molecular formula is C27H27F4N3O5. The molecule has 4 rings (SSSR count). The molecule has 1 saturated carbocycles. The summed E-state index contributed by atoms with van der Waals surface area (Å²) >= 11 is 0. The van der Waals surface area contributed by atoms with E-state index >= 15 is 0 Å². The number of imide groups is 1. The Balaban J connectivity index is 1.41. The van der Waals surface area contributed by atoms with Gasteiger partial charge >= 0.3 is 18.4 Å². The molecule has 3 aromatic rings. The zero-order valence-corrected chi connectivity index (χ0v) is 21.4. The van der Waals surface area contributed by atoms with Crippen LogP contribution in [0.25, 0.3) is 10.8 Å². The number of halogens is 4. The molecule has 2 amide bonds. The standard InChI is InChI=1S/C27H27F4N3O5/c1-26(2,3)39-25(37)34(24(35)36)23-12-20-15(5-4-6-16(20)14-33-23)13-32-17-9-19(10-17)38-18-7-8-22(28)21(11-18)27(29,30)31/h4-8,11-12,14,17,19,32H,9-10,13H2,1-3H3,(H,35,36). The number of alkyl halides is 3. The zero-order valence-electron chi connectivity index (χ0n) is 21.4. The summed E-state index contributed by atoms with van der Waals surface area (Å²) in [4.78, 5) is 28.9. The SMILES string of the molecule is CC(C)(C)OC(=O)N(C(=O)O)c1cc2c(CNC3CC(Oc4ccc(F)c(C(F)(F)F)c4)C3)cccc2cn1. The van der Waals surface area contributed by atoms with E-state index in [1.807, 2.05) is 12.1 Å². The van der Waals surface area contributed by atoms with E-state index in [1.165, 1.54) is 18.3 Å². The van der Waals surface area contributed by atoms with Gasteiger partial charge in [0.2, 0.25) is 0 Å². The molecule has 1 heterocycles. The van der Waals surface area contributed by atoms with Crippen LogP contribution in [-0.4, -0.2) is 40.0 Å². The molecule has 39 heavy (non-hydrogen) atoms. The first-order valence-electron chi connectivity index (χ1n) is 12.1. The molecule has 8 nitrogen and oxygen atoms in total. The molecule has 0 spiro atoms. The molecular weight excluding hydrogens is 522 g/mol. The van der Waals surface area contributed by atoms with E-state index in [0.29, 0.717) is 35.7 Å². The lowest BCUT2D eigenvalue weighted by molar-refractivity contribution is -0.140. The number of rotatable bonds is 6. The second kappa shape index (κ2) is 10.7. The number of carboxylic acid groups (broad SMARTS) is 1. The number of nitrogens with zero attached hydrogens (tertiary/aromatic N) is 2. The van der Waals surface area contributed by atoms with Crippen LogP contribution in [0.2, 0.25) is 0 Å². The molecule has 0 saturated heterocycles. The van der Waals surface area contributed by atoms with Crippen LogP contribution < -0.4 is 15.0 Å². The smallest absolute Gasteiger partial charge is 0.425 e. The van der Waals surface area contributed by atoms with Crippen molar-refractivity contribution in [2.45, 2.75) is 64.1 Å². The Kier molecular flexibility index (Phi) is 7.69. The van der Waals surface area contributed by atoms with Crippen molar-refractivity contribution in [1.29, 1.82) is 0 Å². The lowest BCUT2D eigenvalue weighted by Gasteiger charge is -2.36. The third kappa shape index (κ3) is 6.75. The molecule has 12 heteroatoms. The van der Waals surface area contributed by atoms with Crippen molar-refractivity contribution >= 4 is 28.8 Å². The van der Waals surface area contributed by atoms with E-state index in [-0.39, 0.29) is 23.7 Å². The fourth-order valence-corrected chi connectivity index (χ4v) is 4.15. The molecule has 1 aliphatic carbocycles. The Bertz CT molecular complexity index is 1380. The van der Waals surface area contributed by atoms with E-state index in [9.17, 15) is 32.3 Å². The lowest BCUT2D eigenvalue weighted by Crippen LogP contribution is -2.46. The van der Waals surface area contributed by atoms with Gasteiger partial charge in [-0.3, -0.25) is 0 Å². The minimum atomic E-state index is -4.81. The minimum Gasteiger partial charge on any atom is -0.490 e. The van der Waals surface area contributed by atoms with Crippen molar-refractivity contribution in [3.05, 3.63) is 65.6 Å². The predicted molar refractivity (Wildman–Crippen MR) is 134 cm³/mol. The molecule has 0 unspecified atom stereocenters. The molecule has 0 aliphatic heterocycles. The highest BCUT2D eigenvalue weighted by Gasteiger charge is 2.36. The molecule has 1 fully saturated rings. The van der Waals surface area contributed by atoms with Gasteiger partial charge in [-0.25, -0.2) is 19.0 Å². The number of pyridine rings is 1. The van der Waals surface area contributed by atoms with Crippen LogP contribution in [0.3, 0.4) is 0 Å². The number of amides is 2. The Hall–Kier alpha value is -3.93. The monoisotopic (exact) mass is 549 g/mol. The molecule has 2 aromatic carbocycles. The number of carbonyl (C=O) groups excluding carboxylic acids is 1. The Labute approximate surface area is 221 Å². The minimum absolute atomic E-state index is 0.0198. The third-order valence-corrected chi connectivity index (χ3v) is 6.06. The van der Waals surface area contributed by atoms with E-state index in [2.05, 4.69) is 10.3 Å². The van der Waals surface area contributed by atoms with Crippen molar-refractivity contribution in [2.24, 2.45) is 0 Å². The predicted octanol–water partition coefficient (Wildman–Crippen LogP) is 6.51. The largest absolute Gasteiger partial charge is 0.490 e. The summed E-state index contributed by atoms with van der Waals surface area (Å²) in [5, 5.41) is 14.4.